The number of carbonyl (C=O) groups excluding carboxylic acids is 4. The summed E-state index contributed by atoms with van der Waals surface area (Å²) in [5.41, 5.74) is 8.14. The number of aromatic hydroxyl groups is 1. The zero-order valence-electron chi connectivity index (χ0n) is 24.7. The maximum absolute atomic E-state index is 13.7. The van der Waals surface area contributed by atoms with Gasteiger partial charge in [0.15, 0.2) is 5.96 Å². The summed E-state index contributed by atoms with van der Waals surface area (Å²) in [5, 5.41) is 31.2. The van der Waals surface area contributed by atoms with E-state index in [1.54, 1.807) is 12.1 Å². The molecule has 13 heteroatoms. The van der Waals surface area contributed by atoms with Gasteiger partial charge < -0.3 is 37.2 Å². The standard InChI is InChI=1S/C32H39N7O6/c33-31(39-32(45)36-19-18-34-27(42)21-40)35-17-7-12-26(29(43)37-20-22-13-15-25(41)16-14-22)38-30(44)28(23-8-3-1-4-9-23)24-10-5-2-6-11-24/h1-6,8-11,13-16,26,28,40-41H,7,12,17-21H2,(H,34,42)(H,37,43)(H,38,44)(H4,33,35,36,39,45)/t26-/m1/s1. The van der Waals surface area contributed by atoms with E-state index in [1.807, 2.05) is 60.7 Å². The Hall–Kier alpha value is -5.43. The van der Waals surface area contributed by atoms with Crippen LogP contribution in [0.2, 0.25) is 0 Å². The van der Waals surface area contributed by atoms with Gasteiger partial charge in [0.2, 0.25) is 17.7 Å². The second-order valence-corrected chi connectivity index (χ2v) is 10.00. The normalized spacial score (nSPS) is 11.7. The van der Waals surface area contributed by atoms with Crippen LogP contribution in [0.4, 0.5) is 4.79 Å². The van der Waals surface area contributed by atoms with Gasteiger partial charge in [0.25, 0.3) is 0 Å². The van der Waals surface area contributed by atoms with Gasteiger partial charge in [0, 0.05) is 26.2 Å². The number of phenols is 1. The van der Waals surface area contributed by atoms with Crippen LogP contribution in [0.5, 0.6) is 5.75 Å². The zero-order chi connectivity index (χ0) is 32.4. The Morgan fingerprint density at radius 1 is 0.778 bits per heavy atom. The van der Waals surface area contributed by atoms with E-state index in [4.69, 9.17) is 10.8 Å². The first-order valence-corrected chi connectivity index (χ1v) is 14.4. The summed E-state index contributed by atoms with van der Waals surface area (Å²) in [5.74, 6) is -1.96. The highest BCUT2D eigenvalue weighted by Gasteiger charge is 2.27. The molecule has 0 saturated heterocycles. The van der Waals surface area contributed by atoms with Crippen molar-refractivity contribution in [3.05, 3.63) is 102 Å². The van der Waals surface area contributed by atoms with E-state index in [9.17, 15) is 24.3 Å². The summed E-state index contributed by atoms with van der Waals surface area (Å²) in [6.45, 7) is -0.0478. The quantitative estimate of drug-likeness (QED) is 0.0699. The molecule has 0 aliphatic carbocycles. The summed E-state index contributed by atoms with van der Waals surface area (Å²) in [6, 6.07) is 23.5. The van der Waals surface area contributed by atoms with Crippen molar-refractivity contribution in [3.8, 4) is 5.75 Å². The number of rotatable bonds is 15. The molecule has 0 aromatic heterocycles. The molecule has 45 heavy (non-hydrogen) atoms. The number of aliphatic imine (C=N–C) groups is 1. The second-order valence-electron chi connectivity index (χ2n) is 10.00. The van der Waals surface area contributed by atoms with Crippen molar-refractivity contribution < 1.29 is 29.4 Å². The number of phenolic OH excluding ortho intramolecular Hbond substituents is 1. The van der Waals surface area contributed by atoms with Crippen molar-refractivity contribution in [1.29, 1.82) is 0 Å². The van der Waals surface area contributed by atoms with Gasteiger partial charge in [0.05, 0.1) is 5.92 Å². The molecule has 0 spiro atoms. The highest BCUT2D eigenvalue weighted by atomic mass is 16.3. The number of aliphatic hydroxyl groups excluding tert-OH is 1. The average molecular weight is 618 g/mol. The zero-order valence-corrected chi connectivity index (χ0v) is 24.7. The van der Waals surface area contributed by atoms with E-state index in [2.05, 4.69) is 31.6 Å². The second kappa shape index (κ2) is 18.3. The minimum atomic E-state index is -0.897. The van der Waals surface area contributed by atoms with E-state index in [0.717, 1.165) is 16.7 Å². The molecule has 3 aromatic rings. The molecule has 5 amide bonds. The number of aliphatic hydroxyl groups is 1. The molecule has 3 aromatic carbocycles. The molecule has 238 valence electrons. The molecule has 3 rings (SSSR count). The minimum absolute atomic E-state index is 0.110. The van der Waals surface area contributed by atoms with Gasteiger partial charge in [-0.2, -0.15) is 0 Å². The first-order chi connectivity index (χ1) is 21.8. The minimum Gasteiger partial charge on any atom is -0.508 e. The smallest absolute Gasteiger partial charge is 0.321 e. The summed E-state index contributed by atoms with van der Waals surface area (Å²) in [6.07, 6.45) is 0.590. The fourth-order valence-electron chi connectivity index (χ4n) is 4.37. The number of urea groups is 1. The van der Waals surface area contributed by atoms with Crippen LogP contribution in [0.1, 0.15) is 35.4 Å². The lowest BCUT2D eigenvalue weighted by Gasteiger charge is -2.23. The fourth-order valence-corrected chi connectivity index (χ4v) is 4.37. The third-order valence-corrected chi connectivity index (χ3v) is 6.62. The molecule has 0 aliphatic rings. The lowest BCUT2D eigenvalue weighted by Crippen LogP contribution is -2.48. The largest absolute Gasteiger partial charge is 0.508 e. The molecule has 13 nitrogen and oxygen atoms in total. The van der Waals surface area contributed by atoms with Crippen molar-refractivity contribution in [2.24, 2.45) is 10.7 Å². The number of nitrogens with two attached hydrogens (primary N) is 1. The van der Waals surface area contributed by atoms with Crippen LogP contribution in [0, 0.1) is 0 Å². The van der Waals surface area contributed by atoms with E-state index < -0.39 is 30.5 Å². The van der Waals surface area contributed by atoms with Crippen LogP contribution in [-0.4, -0.2) is 72.2 Å². The highest BCUT2D eigenvalue weighted by molar-refractivity contribution is 5.95. The van der Waals surface area contributed by atoms with Crippen LogP contribution in [0.25, 0.3) is 0 Å². The molecular weight excluding hydrogens is 578 g/mol. The lowest BCUT2D eigenvalue weighted by atomic mass is 9.90. The molecule has 0 bridgehead atoms. The van der Waals surface area contributed by atoms with Crippen LogP contribution in [0.3, 0.4) is 0 Å². The molecule has 0 fully saturated rings. The Morgan fingerprint density at radius 3 is 1.98 bits per heavy atom. The van der Waals surface area contributed by atoms with Crippen LogP contribution < -0.4 is 32.3 Å². The molecule has 9 N–H and O–H groups in total. The Labute approximate surface area is 261 Å². The summed E-state index contributed by atoms with van der Waals surface area (Å²) >= 11 is 0. The summed E-state index contributed by atoms with van der Waals surface area (Å²) in [7, 11) is 0. The SMILES string of the molecule is NC(=NCCC[C@@H](NC(=O)C(c1ccccc1)c1ccccc1)C(=O)NCc1ccc(O)cc1)NC(=O)NCCNC(=O)CO. The van der Waals surface area contributed by atoms with Crippen molar-refractivity contribution in [2.45, 2.75) is 31.3 Å². The number of carbonyl (C=O) groups is 4. The summed E-state index contributed by atoms with van der Waals surface area (Å²) in [4.78, 5) is 54.2. The Balaban J connectivity index is 1.64. The first-order valence-electron chi connectivity index (χ1n) is 14.4. The van der Waals surface area contributed by atoms with Crippen LogP contribution >= 0.6 is 0 Å². The van der Waals surface area contributed by atoms with E-state index in [1.165, 1.54) is 12.1 Å². The molecule has 0 radical (unpaired) electrons. The maximum Gasteiger partial charge on any atom is 0.321 e. The Bertz CT molecular complexity index is 1380. The van der Waals surface area contributed by atoms with Crippen LogP contribution in [-0.2, 0) is 20.9 Å². The maximum atomic E-state index is 13.7. The van der Waals surface area contributed by atoms with Crippen LogP contribution in [0.15, 0.2) is 89.9 Å². The Kier molecular flexibility index (Phi) is 13.8. The van der Waals surface area contributed by atoms with Crippen molar-refractivity contribution in [2.75, 3.05) is 26.2 Å². The van der Waals surface area contributed by atoms with Gasteiger partial charge in [-0.3, -0.25) is 24.7 Å². The van der Waals surface area contributed by atoms with Gasteiger partial charge in [-0.15, -0.1) is 0 Å². The highest BCUT2D eigenvalue weighted by Crippen LogP contribution is 2.25. The van der Waals surface area contributed by atoms with Gasteiger partial charge in [-0.25, -0.2) is 4.79 Å². The number of hydrogen-bond donors (Lipinski definition) is 8. The van der Waals surface area contributed by atoms with E-state index >= 15 is 0 Å². The Morgan fingerprint density at radius 2 is 1.38 bits per heavy atom. The average Bonchev–Trinajstić information content (AvgIpc) is 3.05. The predicted octanol–water partition coefficient (Wildman–Crippen LogP) is 0.828. The topological polar surface area (TPSA) is 207 Å². The van der Waals surface area contributed by atoms with Gasteiger partial charge in [0.1, 0.15) is 18.4 Å². The lowest BCUT2D eigenvalue weighted by molar-refractivity contribution is -0.129. The number of nitrogens with one attached hydrogen (secondary N) is 5. The molecule has 0 heterocycles. The predicted molar refractivity (Wildman–Crippen MR) is 169 cm³/mol. The number of benzene rings is 3. The number of amides is 5. The van der Waals surface area contributed by atoms with E-state index in [-0.39, 0.29) is 56.1 Å². The fraction of sp³-hybridized carbons (Fsp3) is 0.281. The molecule has 1 atom stereocenters. The number of guanidine groups is 1. The number of hydrogen-bond acceptors (Lipinski definition) is 7. The van der Waals surface area contributed by atoms with Gasteiger partial charge >= 0.3 is 6.03 Å². The molecule has 0 aliphatic heterocycles. The van der Waals surface area contributed by atoms with Gasteiger partial charge in [-0.05, 0) is 41.7 Å². The van der Waals surface area contributed by atoms with Crippen molar-refractivity contribution in [1.82, 2.24) is 26.6 Å². The van der Waals surface area contributed by atoms with Crippen molar-refractivity contribution >= 4 is 29.7 Å². The van der Waals surface area contributed by atoms with Gasteiger partial charge in [-0.1, -0.05) is 72.8 Å². The molecule has 0 unspecified atom stereocenters. The first kappa shape index (κ1) is 34.1. The molecule has 0 saturated carbocycles. The third-order valence-electron chi connectivity index (χ3n) is 6.62. The third kappa shape index (κ3) is 12.0. The van der Waals surface area contributed by atoms with E-state index in [0.29, 0.717) is 6.42 Å². The number of nitrogens with zero attached hydrogens (tertiary/aromatic N) is 1. The monoisotopic (exact) mass is 617 g/mol. The summed E-state index contributed by atoms with van der Waals surface area (Å²) < 4.78 is 0. The molecular formula is C32H39N7O6. The van der Waals surface area contributed by atoms with Crippen molar-refractivity contribution in [3.63, 3.8) is 0 Å².